The van der Waals surface area contributed by atoms with Crippen molar-refractivity contribution in [3.8, 4) is 0 Å². The molecule has 6 heteroatoms. The van der Waals surface area contributed by atoms with E-state index in [1.54, 1.807) is 0 Å². The third kappa shape index (κ3) is 4.32. The van der Waals surface area contributed by atoms with Crippen molar-refractivity contribution < 1.29 is 4.79 Å². The van der Waals surface area contributed by atoms with Gasteiger partial charge in [-0.05, 0) is 56.8 Å². The van der Waals surface area contributed by atoms with Crippen molar-refractivity contribution >= 4 is 17.7 Å². The molecule has 4 unspecified atom stereocenters. The van der Waals surface area contributed by atoms with Gasteiger partial charge >= 0.3 is 0 Å². The average molecular weight is 403 g/mol. The molecular weight excluding hydrogens is 368 g/mol. The molecular formula is C22H34N4OS. The van der Waals surface area contributed by atoms with Crippen molar-refractivity contribution in [2.45, 2.75) is 88.4 Å². The molecule has 4 rings (SSSR count). The zero-order valence-corrected chi connectivity index (χ0v) is 17.9. The number of carbonyl (C=O) groups is 1. The molecule has 154 valence electrons. The van der Waals surface area contributed by atoms with E-state index >= 15 is 0 Å². The van der Waals surface area contributed by atoms with Crippen molar-refractivity contribution in [1.82, 2.24) is 20.1 Å². The standard InChI is InChI=1S/C22H34N4OS/c1-3-11-26-21(17-7-5-4-6-8-17)24-25-22(26)28-14-20(27)23-15(2)19-13-16-9-10-18(19)12-16/h3,15-19H,1,4-14H2,2H3,(H,23,27). The number of fused-ring (bicyclic) bond motifs is 2. The number of hydrogen-bond acceptors (Lipinski definition) is 4. The second-order valence-corrected chi connectivity index (χ2v) is 10.0. The van der Waals surface area contributed by atoms with E-state index in [-0.39, 0.29) is 11.9 Å². The summed E-state index contributed by atoms with van der Waals surface area (Å²) in [5.41, 5.74) is 0. The molecule has 3 aliphatic rings. The van der Waals surface area contributed by atoms with Crippen LogP contribution < -0.4 is 5.32 Å². The van der Waals surface area contributed by atoms with Crippen molar-refractivity contribution in [3.05, 3.63) is 18.5 Å². The van der Waals surface area contributed by atoms with Gasteiger partial charge in [-0.25, -0.2) is 0 Å². The van der Waals surface area contributed by atoms with Crippen LogP contribution in [-0.4, -0.2) is 32.5 Å². The molecule has 0 radical (unpaired) electrons. The molecule has 0 spiro atoms. The van der Waals surface area contributed by atoms with Crippen LogP contribution in [0.5, 0.6) is 0 Å². The average Bonchev–Trinajstić information content (AvgIpc) is 3.43. The lowest BCUT2D eigenvalue weighted by Gasteiger charge is -2.28. The lowest BCUT2D eigenvalue weighted by atomic mass is 9.84. The highest BCUT2D eigenvalue weighted by molar-refractivity contribution is 7.99. The Kier molecular flexibility index (Phi) is 6.44. The van der Waals surface area contributed by atoms with E-state index < -0.39 is 0 Å². The first-order valence-corrected chi connectivity index (χ1v) is 12.1. The summed E-state index contributed by atoms with van der Waals surface area (Å²) in [6.45, 7) is 6.80. The monoisotopic (exact) mass is 402 g/mol. The van der Waals surface area contributed by atoms with Crippen LogP contribution in [0.25, 0.3) is 0 Å². The first kappa shape index (κ1) is 20.0. The Labute approximate surface area is 173 Å². The molecule has 3 fully saturated rings. The Hall–Kier alpha value is -1.30. The van der Waals surface area contributed by atoms with Crippen molar-refractivity contribution in [2.75, 3.05) is 5.75 Å². The molecule has 0 saturated heterocycles. The Balaban J connectivity index is 1.32. The maximum absolute atomic E-state index is 12.6. The molecule has 0 aromatic carbocycles. The highest BCUT2D eigenvalue weighted by atomic mass is 32.2. The second-order valence-electron chi connectivity index (χ2n) is 9.06. The van der Waals surface area contributed by atoms with Gasteiger partial charge in [0.2, 0.25) is 5.91 Å². The SMILES string of the molecule is C=CCn1c(SCC(=O)NC(C)C2CC3CCC2C3)nnc1C1CCCCC1. The summed E-state index contributed by atoms with van der Waals surface area (Å²) >= 11 is 1.51. The van der Waals surface area contributed by atoms with Gasteiger partial charge in [-0.15, -0.1) is 16.8 Å². The highest BCUT2D eigenvalue weighted by Gasteiger charge is 2.42. The van der Waals surface area contributed by atoms with E-state index in [0.717, 1.165) is 22.8 Å². The zero-order valence-electron chi connectivity index (χ0n) is 17.1. The predicted octanol–water partition coefficient (Wildman–Crippen LogP) is 4.54. The molecule has 1 aromatic rings. The Morgan fingerprint density at radius 1 is 1.25 bits per heavy atom. The molecule has 1 aromatic heterocycles. The molecule has 1 heterocycles. The summed E-state index contributed by atoms with van der Waals surface area (Å²) in [4.78, 5) is 12.6. The summed E-state index contributed by atoms with van der Waals surface area (Å²) < 4.78 is 2.17. The quantitative estimate of drug-likeness (QED) is 0.512. The number of allylic oxidation sites excluding steroid dienone is 1. The fourth-order valence-electron chi connectivity index (χ4n) is 5.81. The first-order chi connectivity index (χ1) is 13.7. The number of nitrogens with zero attached hydrogens (tertiary/aromatic N) is 3. The van der Waals surface area contributed by atoms with E-state index in [1.165, 1.54) is 69.5 Å². The Bertz CT molecular complexity index is 697. The van der Waals surface area contributed by atoms with E-state index in [9.17, 15) is 4.79 Å². The van der Waals surface area contributed by atoms with Gasteiger partial charge in [0.05, 0.1) is 5.75 Å². The molecule has 0 aliphatic heterocycles. The van der Waals surface area contributed by atoms with Gasteiger partial charge in [0.15, 0.2) is 5.16 Å². The van der Waals surface area contributed by atoms with Crippen LogP contribution in [0.4, 0.5) is 0 Å². The molecule has 1 amide bonds. The number of amides is 1. The molecule has 2 bridgehead atoms. The first-order valence-electron chi connectivity index (χ1n) is 11.1. The molecule has 3 aliphatic carbocycles. The lowest BCUT2D eigenvalue weighted by Crippen LogP contribution is -2.40. The Morgan fingerprint density at radius 2 is 2.07 bits per heavy atom. The number of thioether (sulfide) groups is 1. The molecule has 28 heavy (non-hydrogen) atoms. The van der Waals surface area contributed by atoms with Crippen LogP contribution in [0.1, 0.15) is 76.5 Å². The summed E-state index contributed by atoms with van der Waals surface area (Å²) in [5, 5.41) is 13.0. The summed E-state index contributed by atoms with van der Waals surface area (Å²) in [6, 6.07) is 0.284. The van der Waals surface area contributed by atoms with E-state index in [4.69, 9.17) is 0 Å². The van der Waals surface area contributed by atoms with Crippen LogP contribution in [0.15, 0.2) is 17.8 Å². The third-order valence-electron chi connectivity index (χ3n) is 7.18. The van der Waals surface area contributed by atoms with Gasteiger partial charge in [-0.2, -0.15) is 0 Å². The minimum Gasteiger partial charge on any atom is -0.353 e. The van der Waals surface area contributed by atoms with Gasteiger partial charge in [0, 0.05) is 18.5 Å². The van der Waals surface area contributed by atoms with Crippen LogP contribution in [0.3, 0.4) is 0 Å². The van der Waals surface area contributed by atoms with Gasteiger partial charge < -0.3 is 9.88 Å². The van der Waals surface area contributed by atoms with Crippen LogP contribution in [-0.2, 0) is 11.3 Å². The summed E-state index contributed by atoms with van der Waals surface area (Å²) in [6.07, 6.45) is 13.6. The fourth-order valence-corrected chi connectivity index (χ4v) is 6.58. The maximum atomic E-state index is 12.6. The minimum atomic E-state index is 0.118. The Morgan fingerprint density at radius 3 is 2.75 bits per heavy atom. The van der Waals surface area contributed by atoms with Crippen LogP contribution >= 0.6 is 11.8 Å². The number of hydrogen-bond donors (Lipinski definition) is 1. The molecule has 1 N–H and O–H groups in total. The number of aromatic nitrogens is 3. The van der Waals surface area contributed by atoms with Gasteiger partial charge in [0.1, 0.15) is 5.82 Å². The van der Waals surface area contributed by atoms with Crippen molar-refractivity contribution in [3.63, 3.8) is 0 Å². The summed E-state index contributed by atoms with van der Waals surface area (Å²) in [7, 11) is 0. The van der Waals surface area contributed by atoms with Gasteiger partial charge in [-0.1, -0.05) is 43.5 Å². The third-order valence-corrected chi connectivity index (χ3v) is 8.15. The number of nitrogens with one attached hydrogen (secondary N) is 1. The molecule has 5 nitrogen and oxygen atoms in total. The zero-order chi connectivity index (χ0) is 19.5. The molecule has 4 atom stereocenters. The second kappa shape index (κ2) is 9.02. The van der Waals surface area contributed by atoms with E-state index in [2.05, 4.69) is 33.6 Å². The van der Waals surface area contributed by atoms with E-state index in [0.29, 0.717) is 24.1 Å². The minimum absolute atomic E-state index is 0.118. The smallest absolute Gasteiger partial charge is 0.230 e. The van der Waals surface area contributed by atoms with Gasteiger partial charge in [0.25, 0.3) is 0 Å². The number of carbonyl (C=O) groups excluding carboxylic acids is 1. The van der Waals surface area contributed by atoms with Crippen LogP contribution in [0.2, 0.25) is 0 Å². The van der Waals surface area contributed by atoms with Gasteiger partial charge in [-0.3, -0.25) is 4.79 Å². The predicted molar refractivity (Wildman–Crippen MR) is 113 cm³/mol. The van der Waals surface area contributed by atoms with Crippen molar-refractivity contribution in [2.24, 2.45) is 17.8 Å². The van der Waals surface area contributed by atoms with Crippen molar-refractivity contribution in [1.29, 1.82) is 0 Å². The topological polar surface area (TPSA) is 59.8 Å². The number of rotatable bonds is 8. The largest absolute Gasteiger partial charge is 0.353 e. The van der Waals surface area contributed by atoms with Crippen LogP contribution in [0, 0.1) is 17.8 Å². The maximum Gasteiger partial charge on any atom is 0.230 e. The van der Waals surface area contributed by atoms with E-state index in [1.807, 2.05) is 6.08 Å². The summed E-state index contributed by atoms with van der Waals surface area (Å²) in [5.74, 6) is 4.54. The normalized spacial score (nSPS) is 28.4. The fraction of sp³-hybridized carbons (Fsp3) is 0.773. The highest BCUT2D eigenvalue weighted by Crippen LogP contribution is 2.49. The lowest BCUT2D eigenvalue weighted by molar-refractivity contribution is -0.119. The molecule has 3 saturated carbocycles.